The maximum absolute atomic E-state index is 12.0. The molecule has 2 aromatic rings. The van der Waals surface area contributed by atoms with Gasteiger partial charge in [-0.25, -0.2) is 9.97 Å². The van der Waals surface area contributed by atoms with Crippen LogP contribution in [0.4, 0.5) is 0 Å². The Hall–Kier alpha value is -1.81. The number of rotatable bonds is 3. The van der Waals surface area contributed by atoms with Crippen LogP contribution in [0.1, 0.15) is 6.23 Å². The van der Waals surface area contributed by atoms with Crippen molar-refractivity contribution in [2.75, 3.05) is 13.7 Å². The molecular weight excluding hydrogens is 280 g/mol. The van der Waals surface area contributed by atoms with E-state index in [4.69, 9.17) is 9.47 Å². The van der Waals surface area contributed by atoms with Gasteiger partial charge in [-0.2, -0.15) is 0 Å². The Balaban J connectivity index is 2.08. The van der Waals surface area contributed by atoms with Crippen LogP contribution >= 0.6 is 0 Å². The molecule has 1 saturated heterocycles. The first kappa shape index (κ1) is 14.1. The molecule has 4 atom stereocenters. The quantitative estimate of drug-likeness (QED) is 0.701. The highest BCUT2D eigenvalue weighted by Gasteiger charge is 2.45. The molecule has 1 aliphatic heterocycles. The van der Waals surface area contributed by atoms with Gasteiger partial charge in [-0.3, -0.25) is 9.36 Å². The molecule has 0 bridgehead atoms. The van der Waals surface area contributed by atoms with Crippen molar-refractivity contribution in [1.82, 2.24) is 19.1 Å². The first-order chi connectivity index (χ1) is 10.1. The maximum Gasteiger partial charge on any atom is 0.281 e. The predicted octanol–water partition coefficient (Wildman–Crippen LogP) is -1.60. The molecule has 114 valence electrons. The van der Waals surface area contributed by atoms with E-state index in [1.807, 2.05) is 0 Å². The van der Waals surface area contributed by atoms with Crippen LogP contribution in [0, 0.1) is 0 Å². The van der Waals surface area contributed by atoms with E-state index in [0.717, 1.165) is 0 Å². The van der Waals surface area contributed by atoms with E-state index in [2.05, 4.69) is 9.97 Å². The fraction of sp³-hybridized carbons (Fsp3) is 0.583. The lowest BCUT2D eigenvalue weighted by Crippen LogP contribution is -2.34. The third-order valence-electron chi connectivity index (χ3n) is 3.68. The molecule has 1 fully saturated rings. The molecule has 9 heteroatoms. The zero-order valence-corrected chi connectivity index (χ0v) is 11.6. The number of hydrogen-bond donors (Lipinski definition) is 2. The van der Waals surface area contributed by atoms with Crippen molar-refractivity contribution in [3.8, 4) is 0 Å². The number of fused-ring (bicyclic) bond motifs is 1. The number of nitrogens with zero attached hydrogens (tertiary/aromatic N) is 4. The number of methoxy groups -OCH3 is 1. The molecule has 0 radical (unpaired) electrons. The summed E-state index contributed by atoms with van der Waals surface area (Å²) in [7, 11) is 3.03. The lowest BCUT2D eigenvalue weighted by Gasteiger charge is -2.19. The van der Waals surface area contributed by atoms with E-state index in [1.54, 1.807) is 7.05 Å². The Kier molecular flexibility index (Phi) is 3.49. The van der Waals surface area contributed by atoms with Crippen molar-refractivity contribution < 1.29 is 19.7 Å². The van der Waals surface area contributed by atoms with Gasteiger partial charge < -0.3 is 24.3 Å². The first-order valence-electron chi connectivity index (χ1n) is 6.43. The Morgan fingerprint density at radius 1 is 1.43 bits per heavy atom. The minimum absolute atomic E-state index is 0.209. The second-order valence-electron chi connectivity index (χ2n) is 4.92. The average Bonchev–Trinajstić information content (AvgIpc) is 3.03. The molecule has 0 amide bonds. The van der Waals surface area contributed by atoms with Crippen LogP contribution in [0.25, 0.3) is 11.2 Å². The Bertz CT molecular complexity index is 711. The number of imidazole rings is 1. The van der Waals surface area contributed by atoms with Gasteiger partial charge in [-0.15, -0.1) is 0 Å². The van der Waals surface area contributed by atoms with Crippen molar-refractivity contribution in [2.24, 2.45) is 7.05 Å². The molecule has 0 saturated carbocycles. The molecular formula is C12H16N4O5. The highest BCUT2D eigenvalue weighted by atomic mass is 16.6. The van der Waals surface area contributed by atoms with Gasteiger partial charge in [0.05, 0.1) is 19.3 Å². The zero-order valence-electron chi connectivity index (χ0n) is 11.6. The minimum Gasteiger partial charge on any atom is -0.394 e. The van der Waals surface area contributed by atoms with Crippen LogP contribution < -0.4 is 5.56 Å². The van der Waals surface area contributed by atoms with Crippen molar-refractivity contribution in [3.05, 3.63) is 23.0 Å². The highest BCUT2D eigenvalue weighted by Crippen LogP contribution is 2.32. The smallest absolute Gasteiger partial charge is 0.281 e. The first-order valence-corrected chi connectivity index (χ1v) is 6.43. The van der Waals surface area contributed by atoms with E-state index in [0.29, 0.717) is 5.65 Å². The number of hydrogen-bond acceptors (Lipinski definition) is 7. The zero-order chi connectivity index (χ0) is 15.1. The molecule has 2 N–H and O–H groups in total. The number of aliphatic hydroxyl groups excluding tert-OH is 2. The third-order valence-corrected chi connectivity index (χ3v) is 3.68. The van der Waals surface area contributed by atoms with Crippen molar-refractivity contribution in [3.63, 3.8) is 0 Å². The molecule has 0 unspecified atom stereocenters. The second kappa shape index (κ2) is 5.19. The standard InChI is InChI=1S/C12H16N4O5/c1-15-4-14-10-7(11(15)19)13-5-16(10)12-9(20-2)8(18)6(3-17)21-12/h4-6,8-9,12,17-18H,3H2,1-2H3/t6-,8+,9+,12-/m1/s1. The summed E-state index contributed by atoms with van der Waals surface area (Å²) in [5.74, 6) is 0. The van der Waals surface area contributed by atoms with Gasteiger partial charge in [0.15, 0.2) is 17.4 Å². The van der Waals surface area contributed by atoms with Crippen LogP contribution in [-0.4, -0.2) is 61.3 Å². The number of aliphatic hydroxyl groups is 2. The normalized spacial score (nSPS) is 29.3. The Morgan fingerprint density at radius 3 is 2.86 bits per heavy atom. The van der Waals surface area contributed by atoms with Crippen molar-refractivity contribution in [2.45, 2.75) is 24.5 Å². The molecule has 3 heterocycles. The van der Waals surface area contributed by atoms with E-state index in [9.17, 15) is 15.0 Å². The van der Waals surface area contributed by atoms with Crippen LogP contribution in [0.3, 0.4) is 0 Å². The topological polar surface area (TPSA) is 112 Å². The fourth-order valence-corrected chi connectivity index (χ4v) is 2.53. The summed E-state index contributed by atoms with van der Waals surface area (Å²) in [5.41, 5.74) is 0.279. The van der Waals surface area contributed by atoms with E-state index in [-0.39, 0.29) is 17.7 Å². The Morgan fingerprint density at radius 2 is 2.19 bits per heavy atom. The monoisotopic (exact) mass is 296 g/mol. The van der Waals surface area contributed by atoms with Crippen LogP contribution in [0.5, 0.6) is 0 Å². The van der Waals surface area contributed by atoms with Gasteiger partial charge in [0.2, 0.25) is 0 Å². The summed E-state index contributed by atoms with van der Waals surface area (Å²) < 4.78 is 13.7. The van der Waals surface area contributed by atoms with Crippen LogP contribution in [-0.2, 0) is 16.5 Å². The summed E-state index contributed by atoms with van der Waals surface area (Å²) in [6.07, 6.45) is -0.336. The molecule has 1 aliphatic rings. The lowest BCUT2D eigenvalue weighted by atomic mass is 10.1. The van der Waals surface area contributed by atoms with E-state index in [1.165, 1.54) is 28.9 Å². The van der Waals surface area contributed by atoms with Gasteiger partial charge >= 0.3 is 0 Å². The van der Waals surface area contributed by atoms with E-state index >= 15 is 0 Å². The van der Waals surface area contributed by atoms with Gasteiger partial charge in [0, 0.05) is 14.2 Å². The number of ether oxygens (including phenoxy) is 2. The van der Waals surface area contributed by atoms with Crippen LogP contribution in [0.15, 0.2) is 17.4 Å². The minimum atomic E-state index is -0.978. The van der Waals surface area contributed by atoms with Gasteiger partial charge in [0.1, 0.15) is 18.3 Å². The summed E-state index contributed by atoms with van der Waals surface area (Å²) >= 11 is 0. The SMILES string of the molecule is CO[C@H]1[C@@H](O)[C@@H](CO)O[C@H]1n1cnc2c(=O)n(C)cnc21. The molecule has 0 aliphatic carbocycles. The van der Waals surface area contributed by atoms with Gasteiger partial charge in [-0.05, 0) is 0 Å². The summed E-state index contributed by atoms with van der Waals surface area (Å²) in [4.78, 5) is 20.2. The molecule has 0 spiro atoms. The Labute approximate surface area is 119 Å². The summed E-state index contributed by atoms with van der Waals surface area (Å²) in [6.45, 7) is -0.334. The lowest BCUT2D eigenvalue weighted by molar-refractivity contribution is -0.0583. The van der Waals surface area contributed by atoms with Gasteiger partial charge in [0.25, 0.3) is 5.56 Å². The number of aryl methyl sites for hydroxylation is 1. The highest BCUT2D eigenvalue weighted by molar-refractivity contribution is 5.69. The summed E-state index contributed by atoms with van der Waals surface area (Å²) in [5, 5.41) is 19.3. The fourth-order valence-electron chi connectivity index (χ4n) is 2.53. The van der Waals surface area contributed by atoms with Gasteiger partial charge in [-0.1, -0.05) is 0 Å². The van der Waals surface area contributed by atoms with Crippen molar-refractivity contribution in [1.29, 1.82) is 0 Å². The third kappa shape index (κ3) is 2.05. The molecule has 9 nitrogen and oxygen atoms in total. The molecule has 3 rings (SSSR count). The maximum atomic E-state index is 12.0. The largest absolute Gasteiger partial charge is 0.394 e. The van der Waals surface area contributed by atoms with Crippen molar-refractivity contribution >= 4 is 11.2 Å². The molecule has 2 aromatic heterocycles. The number of aromatic nitrogens is 4. The second-order valence-corrected chi connectivity index (χ2v) is 4.92. The predicted molar refractivity (Wildman–Crippen MR) is 70.6 cm³/mol. The molecule has 0 aromatic carbocycles. The molecule has 21 heavy (non-hydrogen) atoms. The summed E-state index contributed by atoms with van der Waals surface area (Å²) in [6, 6.07) is 0. The van der Waals surface area contributed by atoms with Crippen LogP contribution in [0.2, 0.25) is 0 Å². The van der Waals surface area contributed by atoms with E-state index < -0.39 is 24.5 Å². The average molecular weight is 296 g/mol.